The summed E-state index contributed by atoms with van der Waals surface area (Å²) in [6, 6.07) is 9.39. The molecule has 4 amide bonds. The van der Waals surface area contributed by atoms with Gasteiger partial charge in [0.25, 0.3) is 11.8 Å². The number of amides is 4. The number of ether oxygens (including phenoxy) is 2. The van der Waals surface area contributed by atoms with Crippen LogP contribution in [0.1, 0.15) is 103 Å². The number of aromatic amines is 2. The zero-order valence-corrected chi connectivity index (χ0v) is 37.2. The number of hydrogen-bond donors (Lipinski definition) is 4. The van der Waals surface area contributed by atoms with Gasteiger partial charge in [0.2, 0.25) is 5.91 Å². The minimum absolute atomic E-state index is 0.0147. The van der Waals surface area contributed by atoms with E-state index in [4.69, 9.17) is 9.47 Å². The smallest absolute Gasteiger partial charge is 0.410 e. The monoisotopic (exact) mass is 884 g/mol. The van der Waals surface area contributed by atoms with Crippen molar-refractivity contribution < 1.29 is 37.4 Å². The maximum atomic E-state index is 14.4. The van der Waals surface area contributed by atoms with Gasteiger partial charge in [0.15, 0.2) is 0 Å². The second kappa shape index (κ2) is 18.8. The normalized spacial score (nSPS) is 27.1. The minimum atomic E-state index is -0.365. The van der Waals surface area contributed by atoms with Crippen molar-refractivity contribution in [2.45, 2.75) is 127 Å². The summed E-state index contributed by atoms with van der Waals surface area (Å²) >= 11 is 0. The summed E-state index contributed by atoms with van der Waals surface area (Å²) in [5.41, 5.74) is 3.73. The average molecular weight is 885 g/mol. The maximum Gasteiger partial charge on any atom is 0.410 e. The third kappa shape index (κ3) is 9.36. The molecule has 3 saturated heterocycles. The molecule has 4 N–H and O–H groups in total. The molecule has 0 spiro atoms. The molecule has 5 heterocycles. The average Bonchev–Trinajstić information content (AvgIpc) is 4.06. The predicted octanol–water partition coefficient (Wildman–Crippen LogP) is 6.16. The van der Waals surface area contributed by atoms with Crippen molar-refractivity contribution in [1.82, 2.24) is 40.2 Å². The van der Waals surface area contributed by atoms with Crippen molar-refractivity contribution in [3.05, 3.63) is 70.5 Å². The fraction of sp³-hybridized carbons (Fsp3) is 0.583. The van der Waals surface area contributed by atoms with Crippen LogP contribution in [0.2, 0.25) is 0 Å². The Morgan fingerprint density at radius 3 is 1.94 bits per heavy atom. The number of carbonyl (C=O) groups is 4. The van der Waals surface area contributed by atoms with Gasteiger partial charge in [0, 0.05) is 87.0 Å². The SMILES string of the molecule is Cc1ccc(F)c2cc(C(=O)N[C@@H]3CCC[C@@H](N4CCN(C(=O)OC5CCOC(CN(C)C6CCN([C@H]7CCC[C@@H](NC(=O)c8cc9c(F)ccc(C)c9[nH]8)C7)C6=O)C5)CC4)C3)[nH]c12. The van der Waals surface area contributed by atoms with Gasteiger partial charge >= 0.3 is 6.09 Å². The first-order chi connectivity index (χ1) is 30.9. The van der Waals surface area contributed by atoms with E-state index in [1.54, 1.807) is 29.2 Å². The van der Waals surface area contributed by atoms with E-state index in [0.717, 1.165) is 69.2 Å². The van der Waals surface area contributed by atoms with Crippen LogP contribution < -0.4 is 10.6 Å². The van der Waals surface area contributed by atoms with Crippen LogP contribution in [0, 0.1) is 25.5 Å². The highest BCUT2D eigenvalue weighted by Crippen LogP contribution is 2.31. The van der Waals surface area contributed by atoms with Gasteiger partial charge in [-0.2, -0.15) is 0 Å². The number of aryl methyl sites for hydroxylation is 2. The number of aromatic nitrogens is 2. The molecule has 4 aromatic rings. The Morgan fingerprint density at radius 2 is 1.34 bits per heavy atom. The summed E-state index contributed by atoms with van der Waals surface area (Å²) in [7, 11) is 1.97. The van der Waals surface area contributed by atoms with Crippen LogP contribution in [-0.4, -0.2) is 149 Å². The Bertz CT molecular complexity index is 2300. The molecule has 5 fully saturated rings. The first-order valence-corrected chi connectivity index (χ1v) is 23.4. The Hall–Kier alpha value is -5.06. The Morgan fingerprint density at radius 1 is 0.766 bits per heavy atom. The van der Waals surface area contributed by atoms with Crippen LogP contribution in [0.3, 0.4) is 0 Å². The lowest BCUT2D eigenvalue weighted by molar-refractivity contribution is -0.135. The summed E-state index contributed by atoms with van der Waals surface area (Å²) in [6.07, 6.45) is 8.19. The molecular weight excluding hydrogens is 823 g/mol. The van der Waals surface area contributed by atoms with E-state index in [9.17, 15) is 28.0 Å². The van der Waals surface area contributed by atoms with Crippen molar-refractivity contribution >= 4 is 45.6 Å². The fourth-order valence-electron chi connectivity index (χ4n) is 11.1. The van der Waals surface area contributed by atoms with Crippen molar-refractivity contribution in [2.75, 3.05) is 52.9 Å². The molecule has 5 aliphatic rings. The van der Waals surface area contributed by atoms with E-state index >= 15 is 0 Å². The molecule has 2 saturated carbocycles. The zero-order chi connectivity index (χ0) is 44.6. The Kier molecular flexibility index (Phi) is 13.0. The number of likely N-dealkylation sites (tertiary alicyclic amines) is 1. The lowest BCUT2D eigenvalue weighted by Crippen LogP contribution is -2.55. The number of fused-ring (bicyclic) bond motifs is 2. The van der Waals surface area contributed by atoms with E-state index in [1.807, 2.05) is 25.8 Å². The molecule has 16 heteroatoms. The molecule has 344 valence electrons. The van der Waals surface area contributed by atoms with Crippen LogP contribution in [0.15, 0.2) is 36.4 Å². The first-order valence-electron chi connectivity index (χ1n) is 23.4. The van der Waals surface area contributed by atoms with Gasteiger partial charge in [-0.25, -0.2) is 13.6 Å². The number of hydrogen-bond acceptors (Lipinski definition) is 8. The highest BCUT2D eigenvalue weighted by atomic mass is 19.1. The molecule has 2 aliphatic carbocycles. The summed E-state index contributed by atoms with van der Waals surface area (Å²) in [4.78, 5) is 68.2. The lowest BCUT2D eigenvalue weighted by atomic mass is 9.89. The highest BCUT2D eigenvalue weighted by Gasteiger charge is 2.41. The quantitative estimate of drug-likeness (QED) is 0.148. The van der Waals surface area contributed by atoms with Gasteiger partial charge < -0.3 is 39.9 Å². The van der Waals surface area contributed by atoms with Crippen LogP contribution in [0.5, 0.6) is 0 Å². The molecule has 7 atom stereocenters. The number of nitrogens with zero attached hydrogens (tertiary/aromatic N) is 4. The first kappa shape index (κ1) is 44.2. The van der Waals surface area contributed by atoms with Crippen molar-refractivity contribution in [3.8, 4) is 0 Å². The number of piperazine rings is 1. The molecule has 64 heavy (non-hydrogen) atoms. The fourth-order valence-corrected chi connectivity index (χ4v) is 11.1. The van der Waals surface area contributed by atoms with E-state index in [2.05, 4.69) is 30.4 Å². The third-order valence-corrected chi connectivity index (χ3v) is 14.7. The standard InChI is InChI=1S/C48H62F2N8O6/c1-28-10-12-38(49)36-25-40(53-43(28)36)45(59)51-30-6-4-8-32(22-30)56-17-19-57(20-18-56)48(62)64-34-15-21-63-35(24-34)27-55(3)42-14-16-58(47(42)61)33-9-5-7-31(23-33)52-46(60)41-26-37-39(50)13-11-29(2)44(37)54-41/h10-13,25-26,30-35,42,53-54H,4-9,14-24,27H2,1-3H3,(H,51,59)(H,52,60)/t30-,31-,32-,33+,34?,35?,42?/m1/s1. The second-order valence-corrected chi connectivity index (χ2v) is 19.0. The summed E-state index contributed by atoms with van der Waals surface area (Å²) < 4.78 is 41.0. The molecule has 14 nitrogen and oxygen atoms in total. The van der Waals surface area contributed by atoms with Crippen molar-refractivity contribution in [3.63, 3.8) is 0 Å². The second-order valence-electron chi connectivity index (χ2n) is 19.0. The highest BCUT2D eigenvalue weighted by molar-refractivity contribution is 6.00. The largest absolute Gasteiger partial charge is 0.446 e. The number of benzene rings is 2. The van der Waals surface area contributed by atoms with Gasteiger partial charge in [-0.3, -0.25) is 24.2 Å². The van der Waals surface area contributed by atoms with Gasteiger partial charge in [0.1, 0.15) is 29.1 Å². The number of H-pyrrole nitrogens is 2. The van der Waals surface area contributed by atoms with Crippen LogP contribution in [0.4, 0.5) is 13.6 Å². The molecule has 3 unspecified atom stereocenters. The number of likely N-dealkylation sites (N-methyl/N-ethyl adjacent to an activating group) is 1. The Labute approximate surface area is 372 Å². The number of rotatable bonds is 10. The lowest BCUT2D eigenvalue weighted by Gasteiger charge is -2.42. The molecular formula is C48H62F2N8O6. The maximum absolute atomic E-state index is 14.4. The van der Waals surface area contributed by atoms with Gasteiger partial charge in [-0.1, -0.05) is 12.1 Å². The minimum Gasteiger partial charge on any atom is -0.446 e. The van der Waals surface area contributed by atoms with E-state index in [-0.39, 0.29) is 71.8 Å². The topological polar surface area (TPSA) is 155 Å². The summed E-state index contributed by atoms with van der Waals surface area (Å²) in [6.45, 7) is 8.07. The van der Waals surface area contributed by atoms with Crippen molar-refractivity contribution in [2.24, 2.45) is 0 Å². The summed E-state index contributed by atoms with van der Waals surface area (Å²) in [5.74, 6) is -1.10. The van der Waals surface area contributed by atoms with Gasteiger partial charge in [-0.05, 0) is 114 Å². The molecule has 2 aromatic heterocycles. The molecule has 2 aromatic carbocycles. The van der Waals surface area contributed by atoms with Gasteiger partial charge in [0.05, 0.1) is 29.8 Å². The van der Waals surface area contributed by atoms with E-state index in [0.29, 0.717) is 97.7 Å². The van der Waals surface area contributed by atoms with E-state index in [1.165, 1.54) is 12.1 Å². The van der Waals surface area contributed by atoms with Gasteiger partial charge in [-0.15, -0.1) is 0 Å². The number of halogens is 2. The number of nitrogens with one attached hydrogen (secondary N) is 4. The molecule has 3 aliphatic heterocycles. The zero-order valence-electron chi connectivity index (χ0n) is 37.2. The van der Waals surface area contributed by atoms with Crippen LogP contribution >= 0.6 is 0 Å². The van der Waals surface area contributed by atoms with Crippen molar-refractivity contribution in [1.29, 1.82) is 0 Å². The molecule has 9 rings (SSSR count). The van der Waals surface area contributed by atoms with Crippen LogP contribution in [-0.2, 0) is 14.3 Å². The van der Waals surface area contributed by atoms with Crippen LogP contribution in [0.25, 0.3) is 21.8 Å². The third-order valence-electron chi connectivity index (χ3n) is 14.7. The van der Waals surface area contributed by atoms with E-state index < -0.39 is 0 Å². The summed E-state index contributed by atoms with van der Waals surface area (Å²) in [5, 5.41) is 7.16. The number of carbonyl (C=O) groups excluding carboxylic acids is 4. The molecule has 0 radical (unpaired) electrons. The predicted molar refractivity (Wildman–Crippen MR) is 238 cm³/mol. The Balaban J connectivity index is 0.700. The molecule has 0 bridgehead atoms.